The summed E-state index contributed by atoms with van der Waals surface area (Å²) in [6.07, 6.45) is 0. The highest BCUT2D eigenvalue weighted by Crippen LogP contribution is 2.27. The lowest BCUT2D eigenvalue weighted by molar-refractivity contribution is 1.40. The van der Waals surface area contributed by atoms with Gasteiger partial charge in [-0.1, -0.05) is 36.4 Å². The molecule has 0 bridgehead atoms. The molecule has 5 rings (SSSR count). The standard InChI is InChI=1S/C20H12N2/c1-2-6-14-10-16-12-20-19(11-15(16)9-13(14)5-1)21-17-7-3-4-8-18(17)22-20/h1-12H. The van der Waals surface area contributed by atoms with Gasteiger partial charge in [-0.25, -0.2) is 9.97 Å². The first-order valence-corrected chi connectivity index (χ1v) is 7.36. The second-order valence-electron chi connectivity index (χ2n) is 5.60. The zero-order valence-corrected chi connectivity index (χ0v) is 11.8. The molecule has 0 amide bonds. The number of hydrogen-bond acceptors (Lipinski definition) is 2. The van der Waals surface area contributed by atoms with Crippen LogP contribution in [-0.4, -0.2) is 9.97 Å². The van der Waals surface area contributed by atoms with Gasteiger partial charge in [0.2, 0.25) is 0 Å². The number of nitrogens with zero attached hydrogens (tertiary/aromatic N) is 2. The Hall–Kier alpha value is -3.00. The maximum absolute atomic E-state index is 4.75. The Morgan fingerprint density at radius 3 is 1.36 bits per heavy atom. The van der Waals surface area contributed by atoms with Crippen LogP contribution in [0.25, 0.3) is 43.6 Å². The quantitative estimate of drug-likeness (QED) is 0.369. The van der Waals surface area contributed by atoms with Crippen LogP contribution < -0.4 is 0 Å². The number of rotatable bonds is 0. The molecule has 0 atom stereocenters. The van der Waals surface area contributed by atoms with E-state index in [1.54, 1.807) is 0 Å². The van der Waals surface area contributed by atoms with Crippen molar-refractivity contribution in [1.29, 1.82) is 0 Å². The van der Waals surface area contributed by atoms with E-state index in [-0.39, 0.29) is 0 Å². The third kappa shape index (κ3) is 1.67. The first-order chi connectivity index (χ1) is 10.9. The van der Waals surface area contributed by atoms with Crippen LogP contribution in [0.3, 0.4) is 0 Å². The minimum absolute atomic E-state index is 0.940. The molecule has 0 fully saturated rings. The van der Waals surface area contributed by atoms with E-state index in [0.29, 0.717) is 0 Å². The van der Waals surface area contributed by atoms with Crippen LogP contribution in [0.2, 0.25) is 0 Å². The number of aromatic nitrogens is 2. The highest BCUT2D eigenvalue weighted by atomic mass is 14.8. The Kier molecular flexibility index (Phi) is 2.25. The lowest BCUT2D eigenvalue weighted by Gasteiger charge is -2.05. The van der Waals surface area contributed by atoms with E-state index in [1.807, 2.05) is 24.3 Å². The Balaban J connectivity index is 1.93. The highest BCUT2D eigenvalue weighted by Gasteiger charge is 2.04. The molecule has 0 N–H and O–H groups in total. The van der Waals surface area contributed by atoms with Crippen molar-refractivity contribution in [3.05, 3.63) is 72.8 Å². The molecule has 4 aromatic carbocycles. The summed E-state index contributed by atoms with van der Waals surface area (Å²) in [5, 5.41) is 4.91. The summed E-state index contributed by atoms with van der Waals surface area (Å²) in [5.41, 5.74) is 3.77. The van der Waals surface area contributed by atoms with Gasteiger partial charge in [-0.05, 0) is 57.9 Å². The molecular formula is C20H12N2. The molecule has 0 radical (unpaired) electrons. The lowest BCUT2D eigenvalue weighted by Crippen LogP contribution is -1.87. The molecule has 0 aliphatic heterocycles. The van der Waals surface area contributed by atoms with Gasteiger partial charge in [-0.15, -0.1) is 0 Å². The molecule has 1 heterocycles. The number of benzene rings is 4. The van der Waals surface area contributed by atoms with Crippen molar-refractivity contribution in [3.8, 4) is 0 Å². The molecule has 2 heteroatoms. The van der Waals surface area contributed by atoms with Crippen LogP contribution >= 0.6 is 0 Å². The molecule has 0 saturated heterocycles. The van der Waals surface area contributed by atoms with Crippen molar-refractivity contribution in [3.63, 3.8) is 0 Å². The lowest BCUT2D eigenvalue weighted by atomic mass is 10.0. The minimum atomic E-state index is 0.940. The highest BCUT2D eigenvalue weighted by molar-refractivity contribution is 6.04. The predicted molar refractivity (Wildman–Crippen MR) is 92.1 cm³/mol. The summed E-state index contributed by atoms with van der Waals surface area (Å²) in [6, 6.07) is 25.2. The fraction of sp³-hybridized carbons (Fsp3) is 0. The van der Waals surface area contributed by atoms with Crippen LogP contribution in [0.4, 0.5) is 0 Å². The van der Waals surface area contributed by atoms with Gasteiger partial charge in [0.05, 0.1) is 22.1 Å². The van der Waals surface area contributed by atoms with E-state index in [0.717, 1.165) is 22.1 Å². The van der Waals surface area contributed by atoms with Gasteiger partial charge >= 0.3 is 0 Å². The molecule has 0 spiro atoms. The Bertz CT molecular complexity index is 992. The van der Waals surface area contributed by atoms with Gasteiger partial charge in [0, 0.05) is 0 Å². The monoisotopic (exact) mass is 280 g/mol. The first-order valence-electron chi connectivity index (χ1n) is 7.36. The third-order valence-electron chi connectivity index (χ3n) is 4.16. The maximum Gasteiger partial charge on any atom is 0.0901 e. The average molecular weight is 280 g/mol. The van der Waals surface area contributed by atoms with E-state index in [4.69, 9.17) is 9.97 Å². The zero-order valence-electron chi connectivity index (χ0n) is 11.8. The fourth-order valence-corrected chi connectivity index (χ4v) is 3.06. The van der Waals surface area contributed by atoms with Crippen molar-refractivity contribution in [2.75, 3.05) is 0 Å². The Morgan fingerprint density at radius 1 is 0.409 bits per heavy atom. The number of fused-ring (bicyclic) bond motifs is 4. The van der Waals surface area contributed by atoms with Crippen LogP contribution in [0, 0.1) is 0 Å². The Labute approximate surface area is 127 Å². The molecule has 1 aromatic heterocycles. The van der Waals surface area contributed by atoms with Crippen molar-refractivity contribution in [2.24, 2.45) is 0 Å². The maximum atomic E-state index is 4.75. The summed E-state index contributed by atoms with van der Waals surface area (Å²) in [7, 11) is 0. The second-order valence-corrected chi connectivity index (χ2v) is 5.60. The molecule has 0 saturated carbocycles. The molecule has 102 valence electrons. The van der Waals surface area contributed by atoms with Gasteiger partial charge in [-0.2, -0.15) is 0 Å². The smallest absolute Gasteiger partial charge is 0.0901 e. The SMILES string of the molecule is c1ccc2cc3cc4nc5ccccc5nc4cc3cc2c1. The van der Waals surface area contributed by atoms with Crippen molar-refractivity contribution < 1.29 is 0 Å². The molecule has 0 unspecified atom stereocenters. The predicted octanol–water partition coefficient (Wildman–Crippen LogP) is 5.09. The molecule has 0 aliphatic rings. The van der Waals surface area contributed by atoms with E-state index in [2.05, 4.69) is 48.5 Å². The molecule has 22 heavy (non-hydrogen) atoms. The molecule has 5 aromatic rings. The van der Waals surface area contributed by atoms with Crippen LogP contribution in [0.1, 0.15) is 0 Å². The second kappa shape index (κ2) is 4.25. The van der Waals surface area contributed by atoms with Crippen molar-refractivity contribution >= 4 is 43.6 Å². The summed E-state index contributed by atoms with van der Waals surface area (Å²) < 4.78 is 0. The van der Waals surface area contributed by atoms with Gasteiger partial charge in [0.25, 0.3) is 0 Å². The number of hydrogen-bond donors (Lipinski definition) is 0. The fourth-order valence-electron chi connectivity index (χ4n) is 3.06. The average Bonchev–Trinajstić information content (AvgIpc) is 2.56. The van der Waals surface area contributed by atoms with E-state index in [9.17, 15) is 0 Å². The summed E-state index contributed by atoms with van der Waals surface area (Å²) in [6.45, 7) is 0. The normalized spacial score (nSPS) is 11.6. The van der Waals surface area contributed by atoms with E-state index >= 15 is 0 Å². The largest absolute Gasteiger partial charge is 0.244 e. The third-order valence-corrected chi connectivity index (χ3v) is 4.16. The number of para-hydroxylation sites is 2. The van der Waals surface area contributed by atoms with Gasteiger partial charge in [0.1, 0.15) is 0 Å². The topological polar surface area (TPSA) is 25.8 Å². The van der Waals surface area contributed by atoms with Crippen LogP contribution in [0.5, 0.6) is 0 Å². The summed E-state index contributed by atoms with van der Waals surface area (Å²) in [4.78, 5) is 9.49. The first kappa shape index (κ1) is 11.6. The van der Waals surface area contributed by atoms with Gasteiger partial charge in [-0.3, -0.25) is 0 Å². The molecule has 2 nitrogen and oxygen atoms in total. The minimum Gasteiger partial charge on any atom is -0.244 e. The van der Waals surface area contributed by atoms with Crippen molar-refractivity contribution in [1.82, 2.24) is 9.97 Å². The Morgan fingerprint density at radius 2 is 0.864 bits per heavy atom. The molecular weight excluding hydrogens is 268 g/mol. The van der Waals surface area contributed by atoms with Gasteiger partial charge in [0.15, 0.2) is 0 Å². The van der Waals surface area contributed by atoms with Crippen LogP contribution in [-0.2, 0) is 0 Å². The van der Waals surface area contributed by atoms with E-state index < -0.39 is 0 Å². The molecule has 0 aliphatic carbocycles. The van der Waals surface area contributed by atoms with E-state index in [1.165, 1.54) is 21.5 Å². The van der Waals surface area contributed by atoms with Gasteiger partial charge < -0.3 is 0 Å². The summed E-state index contributed by atoms with van der Waals surface area (Å²) in [5.74, 6) is 0. The zero-order chi connectivity index (χ0) is 14.5. The summed E-state index contributed by atoms with van der Waals surface area (Å²) >= 11 is 0. The van der Waals surface area contributed by atoms with Crippen LogP contribution in [0.15, 0.2) is 72.8 Å². The van der Waals surface area contributed by atoms with Crippen molar-refractivity contribution in [2.45, 2.75) is 0 Å².